The van der Waals surface area contributed by atoms with Crippen LogP contribution in [-0.4, -0.2) is 11.9 Å². The second-order valence-corrected chi connectivity index (χ2v) is 5.19. The van der Waals surface area contributed by atoms with Gasteiger partial charge in [-0.1, -0.05) is 48.8 Å². The first-order chi connectivity index (χ1) is 8.19. The van der Waals surface area contributed by atoms with Gasteiger partial charge in [-0.3, -0.25) is 0 Å². The molecule has 1 aromatic rings. The van der Waals surface area contributed by atoms with Gasteiger partial charge < -0.3 is 4.74 Å². The van der Waals surface area contributed by atoms with Crippen molar-refractivity contribution in [2.45, 2.75) is 40.0 Å². The molecule has 0 saturated heterocycles. The first-order valence-electron chi connectivity index (χ1n) is 6.47. The number of halogens is 1. The minimum absolute atomic E-state index is 0.267. The third-order valence-corrected chi connectivity index (χ3v) is 4.85. The van der Waals surface area contributed by atoms with Gasteiger partial charge in [0.25, 0.3) is 0 Å². The summed E-state index contributed by atoms with van der Waals surface area (Å²) in [7, 11) is 0. The topological polar surface area (TPSA) is 9.23 Å². The molecular weight excluding hydrogens is 276 g/mol. The van der Waals surface area contributed by atoms with Crippen molar-refractivity contribution in [3.05, 3.63) is 29.8 Å². The average Bonchev–Trinajstić information content (AvgIpc) is 2.41. The van der Waals surface area contributed by atoms with E-state index in [1.54, 1.807) is 0 Å². The fraction of sp³-hybridized carbons (Fsp3) is 0.600. The molecule has 0 aliphatic heterocycles. The highest BCUT2D eigenvalue weighted by molar-refractivity contribution is 9.09. The number of hydrogen-bond donors (Lipinski definition) is 0. The molecule has 0 bridgehead atoms. The Labute approximate surface area is 114 Å². The molecule has 96 valence electrons. The van der Waals surface area contributed by atoms with Crippen LogP contribution in [0.25, 0.3) is 0 Å². The van der Waals surface area contributed by atoms with Crippen LogP contribution in [0, 0.1) is 5.41 Å². The summed E-state index contributed by atoms with van der Waals surface area (Å²) in [5.74, 6) is 0.981. The Morgan fingerprint density at radius 2 is 1.65 bits per heavy atom. The van der Waals surface area contributed by atoms with Crippen LogP contribution < -0.4 is 4.74 Å². The van der Waals surface area contributed by atoms with Gasteiger partial charge in [0.05, 0.1) is 6.61 Å². The highest BCUT2D eigenvalue weighted by Gasteiger charge is 2.25. The van der Waals surface area contributed by atoms with E-state index in [0.29, 0.717) is 0 Å². The minimum atomic E-state index is 0.267. The zero-order valence-corrected chi connectivity index (χ0v) is 12.7. The van der Waals surface area contributed by atoms with Crippen LogP contribution in [0.15, 0.2) is 24.3 Å². The largest absolute Gasteiger partial charge is 0.493 e. The van der Waals surface area contributed by atoms with Gasteiger partial charge in [0.2, 0.25) is 0 Å². The van der Waals surface area contributed by atoms with Crippen LogP contribution >= 0.6 is 15.9 Å². The Morgan fingerprint density at radius 1 is 1.06 bits per heavy atom. The lowest BCUT2D eigenvalue weighted by Gasteiger charge is -2.29. The van der Waals surface area contributed by atoms with Crippen molar-refractivity contribution in [3.63, 3.8) is 0 Å². The maximum Gasteiger partial charge on any atom is 0.119 e. The molecule has 2 heteroatoms. The van der Waals surface area contributed by atoms with Gasteiger partial charge in [0, 0.05) is 10.7 Å². The molecule has 0 heterocycles. The summed E-state index contributed by atoms with van der Waals surface area (Å²) in [5.41, 5.74) is 1.62. The highest BCUT2D eigenvalue weighted by Crippen LogP contribution is 2.29. The SMILES string of the molecule is CCc1ccc(OCC(CC)(CC)CBr)cc1. The summed E-state index contributed by atoms with van der Waals surface area (Å²) in [6.07, 6.45) is 3.36. The number of rotatable bonds is 7. The monoisotopic (exact) mass is 298 g/mol. The Morgan fingerprint density at radius 3 is 2.06 bits per heavy atom. The second-order valence-electron chi connectivity index (χ2n) is 4.63. The molecule has 0 unspecified atom stereocenters. The van der Waals surface area contributed by atoms with E-state index in [1.165, 1.54) is 5.56 Å². The molecule has 0 spiro atoms. The maximum absolute atomic E-state index is 5.91. The molecule has 0 fully saturated rings. The molecular formula is C15H23BrO. The van der Waals surface area contributed by atoms with Crippen molar-refractivity contribution in [3.8, 4) is 5.75 Å². The van der Waals surface area contributed by atoms with Crippen molar-refractivity contribution in [1.82, 2.24) is 0 Å². The fourth-order valence-corrected chi connectivity index (χ4v) is 2.69. The molecule has 0 aliphatic carbocycles. The first-order valence-corrected chi connectivity index (χ1v) is 7.59. The standard InChI is InChI=1S/C15H23BrO/c1-4-13-7-9-14(10-8-13)17-12-15(5-2,6-3)11-16/h7-10H,4-6,11-12H2,1-3H3. The van der Waals surface area contributed by atoms with E-state index >= 15 is 0 Å². The summed E-state index contributed by atoms with van der Waals surface area (Å²) in [6, 6.07) is 8.43. The fourth-order valence-electron chi connectivity index (χ4n) is 1.74. The van der Waals surface area contributed by atoms with Crippen LogP contribution in [0.1, 0.15) is 39.2 Å². The van der Waals surface area contributed by atoms with Crippen LogP contribution in [-0.2, 0) is 6.42 Å². The van der Waals surface area contributed by atoms with E-state index in [-0.39, 0.29) is 5.41 Å². The average molecular weight is 299 g/mol. The Hall–Kier alpha value is -0.500. The van der Waals surface area contributed by atoms with Gasteiger partial charge in [-0.05, 0) is 37.0 Å². The molecule has 1 rings (SSSR count). The molecule has 0 aromatic heterocycles. The number of aryl methyl sites for hydroxylation is 1. The maximum atomic E-state index is 5.91. The smallest absolute Gasteiger partial charge is 0.119 e. The van der Waals surface area contributed by atoms with E-state index in [0.717, 1.165) is 36.9 Å². The molecule has 0 N–H and O–H groups in total. The summed E-state index contributed by atoms with van der Waals surface area (Å²) in [5, 5.41) is 1.00. The number of alkyl halides is 1. The van der Waals surface area contributed by atoms with Gasteiger partial charge in [-0.15, -0.1) is 0 Å². The van der Waals surface area contributed by atoms with E-state index in [9.17, 15) is 0 Å². The van der Waals surface area contributed by atoms with Crippen molar-refractivity contribution in [2.75, 3.05) is 11.9 Å². The predicted molar refractivity (Wildman–Crippen MR) is 78.1 cm³/mol. The van der Waals surface area contributed by atoms with E-state index in [2.05, 4.69) is 61.0 Å². The van der Waals surface area contributed by atoms with Crippen molar-refractivity contribution in [1.29, 1.82) is 0 Å². The van der Waals surface area contributed by atoms with Gasteiger partial charge in [0.15, 0.2) is 0 Å². The van der Waals surface area contributed by atoms with Crippen LogP contribution in [0.4, 0.5) is 0 Å². The molecule has 0 aliphatic rings. The van der Waals surface area contributed by atoms with Gasteiger partial charge in [-0.25, -0.2) is 0 Å². The van der Waals surface area contributed by atoms with Crippen LogP contribution in [0.3, 0.4) is 0 Å². The molecule has 0 atom stereocenters. The zero-order valence-electron chi connectivity index (χ0n) is 11.1. The number of ether oxygens (including phenoxy) is 1. The molecule has 0 saturated carbocycles. The third kappa shape index (κ3) is 4.02. The molecule has 0 radical (unpaired) electrons. The summed E-state index contributed by atoms with van der Waals surface area (Å²) in [4.78, 5) is 0. The number of benzene rings is 1. The normalized spacial score (nSPS) is 11.5. The molecule has 0 amide bonds. The highest BCUT2D eigenvalue weighted by atomic mass is 79.9. The lowest BCUT2D eigenvalue weighted by Crippen LogP contribution is -2.28. The van der Waals surface area contributed by atoms with Crippen molar-refractivity contribution in [2.24, 2.45) is 5.41 Å². The summed E-state index contributed by atoms with van der Waals surface area (Å²) in [6.45, 7) is 7.42. The van der Waals surface area contributed by atoms with Crippen LogP contribution in [0.2, 0.25) is 0 Å². The Bertz CT molecular complexity index is 306. The first kappa shape index (κ1) is 14.6. The van der Waals surface area contributed by atoms with Crippen LogP contribution in [0.5, 0.6) is 5.75 Å². The number of hydrogen-bond acceptors (Lipinski definition) is 1. The zero-order chi connectivity index (χ0) is 12.7. The molecule has 1 nitrogen and oxygen atoms in total. The van der Waals surface area contributed by atoms with E-state index in [1.807, 2.05) is 0 Å². The van der Waals surface area contributed by atoms with Crippen molar-refractivity contribution < 1.29 is 4.74 Å². The summed E-state index contributed by atoms with van der Waals surface area (Å²) < 4.78 is 5.91. The Kier molecular flexibility index (Phi) is 6.04. The van der Waals surface area contributed by atoms with Gasteiger partial charge in [0.1, 0.15) is 5.75 Å². The predicted octanol–water partition coefficient (Wildman–Crippen LogP) is 4.83. The van der Waals surface area contributed by atoms with Crippen molar-refractivity contribution >= 4 is 15.9 Å². The van der Waals surface area contributed by atoms with Gasteiger partial charge >= 0.3 is 0 Å². The third-order valence-electron chi connectivity index (χ3n) is 3.66. The molecule has 1 aromatic carbocycles. The lowest BCUT2D eigenvalue weighted by atomic mass is 9.86. The molecule has 17 heavy (non-hydrogen) atoms. The quantitative estimate of drug-likeness (QED) is 0.655. The second kappa shape index (κ2) is 7.05. The van der Waals surface area contributed by atoms with E-state index < -0.39 is 0 Å². The minimum Gasteiger partial charge on any atom is -0.493 e. The van der Waals surface area contributed by atoms with Gasteiger partial charge in [-0.2, -0.15) is 0 Å². The summed E-state index contributed by atoms with van der Waals surface area (Å²) >= 11 is 3.61. The van der Waals surface area contributed by atoms with E-state index in [4.69, 9.17) is 4.74 Å². The lowest BCUT2D eigenvalue weighted by molar-refractivity contribution is 0.158. The Balaban J connectivity index is 2.59.